The molecule has 0 aliphatic carbocycles. The van der Waals surface area contributed by atoms with Crippen molar-refractivity contribution in [1.82, 2.24) is 0 Å². The van der Waals surface area contributed by atoms with E-state index in [0.29, 0.717) is 6.42 Å². The number of carboxylic acid groups (broad SMARTS) is 2. The number of carbonyl (C=O) groups is 2. The fourth-order valence-electron chi connectivity index (χ4n) is 1.94. The van der Waals surface area contributed by atoms with Crippen molar-refractivity contribution in [3.05, 3.63) is 0 Å². The molecule has 0 heterocycles. The molecule has 0 saturated heterocycles. The van der Waals surface area contributed by atoms with E-state index in [1.54, 1.807) is 0 Å². The van der Waals surface area contributed by atoms with Gasteiger partial charge in [-0.15, -0.1) is 0 Å². The molecule has 5 heteroatoms. The SMILES string of the molecule is CC(=O)O.CCCCCCCCCCCCCC(=O)O.[InH3]. The van der Waals surface area contributed by atoms with E-state index >= 15 is 0 Å². The van der Waals surface area contributed by atoms with Gasteiger partial charge in [-0.25, -0.2) is 0 Å². The Morgan fingerprint density at radius 3 is 1.29 bits per heavy atom. The number of hydrogen-bond donors (Lipinski definition) is 2. The minimum absolute atomic E-state index is 0. The maximum absolute atomic E-state index is 10.3. The van der Waals surface area contributed by atoms with Crippen molar-refractivity contribution in [2.75, 3.05) is 0 Å². The molecule has 0 aromatic rings. The quantitative estimate of drug-likeness (QED) is 0.485. The van der Waals surface area contributed by atoms with Crippen molar-refractivity contribution in [2.45, 2.75) is 90.9 Å². The predicted octanol–water partition coefficient (Wildman–Crippen LogP) is 3.68. The van der Waals surface area contributed by atoms with E-state index < -0.39 is 11.9 Å². The molecule has 0 aromatic carbocycles. The number of carboxylic acids is 2. The molecule has 0 aliphatic rings. The summed E-state index contributed by atoms with van der Waals surface area (Å²) in [4.78, 5) is 19.3. The van der Waals surface area contributed by atoms with Crippen molar-refractivity contribution in [3.8, 4) is 0 Å². The van der Waals surface area contributed by atoms with Gasteiger partial charge in [0.15, 0.2) is 0 Å². The van der Waals surface area contributed by atoms with Crippen LogP contribution in [0, 0.1) is 0 Å². The molecule has 126 valence electrons. The molecule has 2 N–H and O–H groups in total. The number of unbranched alkanes of at least 4 members (excludes halogenated alkanes) is 10. The standard InChI is InChI=1S/C14H28O2.C2H4O2.In.3H/c1-2-3-4-5-6-7-8-9-10-11-12-13-14(15)16;1-2(3)4;;;;/h2-13H2,1H3,(H,15,16);1H3,(H,3,4);;;;. The Balaban J connectivity index is -0.000000572. The fraction of sp³-hybridized carbons (Fsp3) is 0.875. The molecular formula is C16H35InO4. The van der Waals surface area contributed by atoms with Crippen LogP contribution in [0.25, 0.3) is 0 Å². The molecule has 0 unspecified atom stereocenters. The van der Waals surface area contributed by atoms with Crippen LogP contribution in [0.4, 0.5) is 0 Å². The zero-order valence-electron chi connectivity index (χ0n) is 13.2. The van der Waals surface area contributed by atoms with E-state index in [0.717, 1.165) is 19.8 Å². The van der Waals surface area contributed by atoms with Crippen LogP contribution in [0.5, 0.6) is 0 Å². The van der Waals surface area contributed by atoms with E-state index in [1.165, 1.54) is 57.8 Å². The van der Waals surface area contributed by atoms with Crippen LogP contribution < -0.4 is 0 Å². The first-order valence-electron chi connectivity index (χ1n) is 7.92. The molecule has 21 heavy (non-hydrogen) atoms. The Labute approximate surface area is 148 Å². The van der Waals surface area contributed by atoms with Gasteiger partial charge in [0.1, 0.15) is 0 Å². The molecule has 0 saturated carbocycles. The maximum atomic E-state index is 10.3. The van der Waals surface area contributed by atoms with Crippen LogP contribution in [0.1, 0.15) is 90.9 Å². The van der Waals surface area contributed by atoms with Gasteiger partial charge in [0.2, 0.25) is 0 Å². The second-order valence-electron chi connectivity index (χ2n) is 5.20. The first-order chi connectivity index (χ1) is 9.50. The van der Waals surface area contributed by atoms with Crippen molar-refractivity contribution >= 4 is 37.8 Å². The van der Waals surface area contributed by atoms with Gasteiger partial charge in [-0.05, 0) is 6.42 Å². The number of hydrogen-bond acceptors (Lipinski definition) is 2. The molecule has 0 bridgehead atoms. The van der Waals surface area contributed by atoms with Gasteiger partial charge >= 0.3 is 31.8 Å². The normalized spacial score (nSPS) is 9.24. The summed E-state index contributed by atoms with van der Waals surface area (Å²) in [5.74, 6) is -1.49. The summed E-state index contributed by atoms with van der Waals surface area (Å²) < 4.78 is 0. The predicted molar refractivity (Wildman–Crippen MR) is 92.0 cm³/mol. The number of rotatable bonds is 12. The monoisotopic (exact) mass is 406 g/mol. The van der Waals surface area contributed by atoms with E-state index in [4.69, 9.17) is 15.0 Å². The fourth-order valence-corrected chi connectivity index (χ4v) is 1.94. The second kappa shape index (κ2) is 22.1. The van der Waals surface area contributed by atoms with Crippen LogP contribution in [0.2, 0.25) is 0 Å². The van der Waals surface area contributed by atoms with Crippen LogP contribution in [-0.2, 0) is 9.59 Å². The summed E-state index contributed by atoms with van der Waals surface area (Å²) in [5.41, 5.74) is 0. The van der Waals surface area contributed by atoms with Gasteiger partial charge in [-0.2, -0.15) is 0 Å². The van der Waals surface area contributed by atoms with Crippen LogP contribution in [0.3, 0.4) is 0 Å². The molecule has 0 rings (SSSR count). The van der Waals surface area contributed by atoms with E-state index in [2.05, 4.69) is 6.92 Å². The minimum atomic E-state index is -0.833. The summed E-state index contributed by atoms with van der Waals surface area (Å²) in [6.07, 6.45) is 14.4. The summed E-state index contributed by atoms with van der Waals surface area (Å²) in [6, 6.07) is 0. The van der Waals surface area contributed by atoms with Gasteiger partial charge in [-0.1, -0.05) is 71.1 Å². The molecule has 0 amide bonds. The molecule has 0 atom stereocenters. The third-order valence-electron chi connectivity index (χ3n) is 2.99. The van der Waals surface area contributed by atoms with Gasteiger partial charge in [0, 0.05) is 13.3 Å². The van der Waals surface area contributed by atoms with Crippen LogP contribution in [-0.4, -0.2) is 48.0 Å². The average Bonchev–Trinajstić information content (AvgIpc) is 2.35. The Hall–Kier alpha value is -0.190. The number of aliphatic carboxylic acids is 2. The van der Waals surface area contributed by atoms with Crippen LogP contribution in [0.15, 0.2) is 0 Å². The molecule has 0 aliphatic heterocycles. The van der Waals surface area contributed by atoms with Gasteiger partial charge < -0.3 is 10.2 Å². The van der Waals surface area contributed by atoms with E-state index in [1.807, 2.05) is 0 Å². The summed E-state index contributed by atoms with van der Waals surface area (Å²) in [6.45, 7) is 3.33. The van der Waals surface area contributed by atoms with E-state index in [9.17, 15) is 4.79 Å². The third-order valence-corrected chi connectivity index (χ3v) is 2.99. The summed E-state index contributed by atoms with van der Waals surface area (Å²) in [7, 11) is 0. The average molecular weight is 406 g/mol. The zero-order chi connectivity index (χ0) is 15.6. The Morgan fingerprint density at radius 1 is 0.714 bits per heavy atom. The Morgan fingerprint density at radius 2 is 1.00 bits per heavy atom. The molecule has 4 nitrogen and oxygen atoms in total. The zero-order valence-corrected chi connectivity index (χ0v) is 13.2. The Bertz CT molecular complexity index is 228. The first kappa shape index (κ1) is 25.7. The molecule has 0 fully saturated rings. The van der Waals surface area contributed by atoms with Crippen molar-refractivity contribution in [3.63, 3.8) is 0 Å². The summed E-state index contributed by atoms with van der Waals surface area (Å²) in [5, 5.41) is 15.9. The van der Waals surface area contributed by atoms with Gasteiger partial charge in [0.25, 0.3) is 5.97 Å². The van der Waals surface area contributed by atoms with Crippen LogP contribution >= 0.6 is 0 Å². The van der Waals surface area contributed by atoms with Crippen molar-refractivity contribution in [1.29, 1.82) is 0 Å². The summed E-state index contributed by atoms with van der Waals surface area (Å²) >= 11 is 0. The van der Waals surface area contributed by atoms with Gasteiger partial charge in [-0.3, -0.25) is 9.59 Å². The molecule has 0 spiro atoms. The second-order valence-corrected chi connectivity index (χ2v) is 5.20. The molecule has 0 aromatic heterocycles. The third kappa shape index (κ3) is 38.3. The van der Waals surface area contributed by atoms with Gasteiger partial charge in [0.05, 0.1) is 0 Å². The first-order valence-corrected chi connectivity index (χ1v) is 7.92. The van der Waals surface area contributed by atoms with E-state index in [-0.39, 0.29) is 25.8 Å². The Kier molecular flexibility index (Phi) is 27.1. The topological polar surface area (TPSA) is 74.6 Å². The van der Waals surface area contributed by atoms with Crippen molar-refractivity contribution in [2.24, 2.45) is 0 Å². The molecular weight excluding hydrogens is 371 g/mol. The van der Waals surface area contributed by atoms with Crippen molar-refractivity contribution < 1.29 is 19.8 Å². The molecule has 0 radical (unpaired) electrons.